The lowest BCUT2D eigenvalue weighted by Crippen LogP contribution is -2.28. The maximum absolute atomic E-state index is 13.5. The third-order valence-corrected chi connectivity index (χ3v) is 2.77. The molecule has 0 atom stereocenters. The smallest absolute Gasteiger partial charge is 0.254 e. The highest BCUT2D eigenvalue weighted by Crippen LogP contribution is 2.10. The summed E-state index contributed by atoms with van der Waals surface area (Å²) in [5.74, 6) is -0.205. The molecule has 0 aliphatic rings. The normalized spacial score (nSPS) is 10.1. The van der Waals surface area contributed by atoms with Gasteiger partial charge in [0.1, 0.15) is 18.2 Å². The van der Waals surface area contributed by atoms with Crippen LogP contribution in [0.3, 0.4) is 0 Å². The van der Waals surface area contributed by atoms with Gasteiger partial charge in [-0.05, 0) is 31.2 Å². The van der Waals surface area contributed by atoms with Crippen molar-refractivity contribution >= 4 is 5.91 Å². The fraction of sp³-hybridized carbons (Fsp3) is 0.188. The Morgan fingerprint density at radius 2 is 1.95 bits per heavy atom. The molecule has 1 amide bonds. The minimum absolute atomic E-state index is 0.0599. The van der Waals surface area contributed by atoms with Crippen LogP contribution in [0.25, 0.3) is 0 Å². The second-order valence-electron chi connectivity index (χ2n) is 4.40. The van der Waals surface area contributed by atoms with Crippen LogP contribution >= 0.6 is 0 Å². The first-order valence-electron chi connectivity index (χ1n) is 6.39. The van der Waals surface area contributed by atoms with Gasteiger partial charge >= 0.3 is 0 Å². The SMILES string of the molecule is Cc1ccc(F)c(C(=O)NCCOc2ccccc2)c1. The van der Waals surface area contributed by atoms with Gasteiger partial charge in [0.25, 0.3) is 5.91 Å². The maximum Gasteiger partial charge on any atom is 0.254 e. The summed E-state index contributed by atoms with van der Waals surface area (Å²) in [4.78, 5) is 11.8. The summed E-state index contributed by atoms with van der Waals surface area (Å²) in [6.07, 6.45) is 0. The van der Waals surface area contributed by atoms with Crippen molar-refractivity contribution in [3.63, 3.8) is 0 Å². The van der Waals surface area contributed by atoms with Crippen LogP contribution in [-0.4, -0.2) is 19.1 Å². The molecule has 0 aliphatic carbocycles. The highest BCUT2D eigenvalue weighted by atomic mass is 19.1. The second-order valence-corrected chi connectivity index (χ2v) is 4.40. The summed E-state index contributed by atoms with van der Waals surface area (Å²) in [6.45, 7) is 2.47. The number of carbonyl (C=O) groups is 1. The Bertz CT molecular complexity index is 584. The molecule has 0 bridgehead atoms. The van der Waals surface area contributed by atoms with Crippen LogP contribution in [0.15, 0.2) is 48.5 Å². The van der Waals surface area contributed by atoms with E-state index in [1.54, 1.807) is 6.07 Å². The number of halogens is 1. The van der Waals surface area contributed by atoms with Crippen molar-refractivity contribution in [2.75, 3.05) is 13.2 Å². The third-order valence-electron chi connectivity index (χ3n) is 2.77. The van der Waals surface area contributed by atoms with Crippen molar-refractivity contribution in [3.8, 4) is 5.75 Å². The highest BCUT2D eigenvalue weighted by molar-refractivity contribution is 5.94. The maximum atomic E-state index is 13.5. The number of aryl methyl sites for hydroxylation is 1. The van der Waals surface area contributed by atoms with Gasteiger partial charge in [0.05, 0.1) is 12.1 Å². The summed E-state index contributed by atoms with van der Waals surface area (Å²) in [7, 11) is 0. The second kappa shape index (κ2) is 6.70. The zero-order valence-corrected chi connectivity index (χ0v) is 11.2. The molecule has 2 aromatic rings. The largest absolute Gasteiger partial charge is 0.492 e. The average Bonchev–Trinajstić information content (AvgIpc) is 2.47. The lowest BCUT2D eigenvalue weighted by atomic mass is 10.1. The Morgan fingerprint density at radius 1 is 1.20 bits per heavy atom. The van der Waals surface area contributed by atoms with Crippen LogP contribution in [0.2, 0.25) is 0 Å². The molecule has 0 radical (unpaired) electrons. The number of amides is 1. The van der Waals surface area contributed by atoms with Crippen LogP contribution < -0.4 is 10.1 Å². The van der Waals surface area contributed by atoms with Gasteiger partial charge in [0.2, 0.25) is 0 Å². The Hall–Kier alpha value is -2.36. The number of hydrogen-bond donors (Lipinski definition) is 1. The van der Waals surface area contributed by atoms with Gasteiger partial charge in [-0.3, -0.25) is 4.79 Å². The van der Waals surface area contributed by atoms with E-state index < -0.39 is 11.7 Å². The molecule has 0 saturated heterocycles. The minimum atomic E-state index is -0.517. The van der Waals surface area contributed by atoms with Crippen molar-refractivity contribution in [1.82, 2.24) is 5.32 Å². The van der Waals surface area contributed by atoms with Crippen molar-refractivity contribution in [1.29, 1.82) is 0 Å². The monoisotopic (exact) mass is 273 g/mol. The molecule has 0 spiro atoms. The molecular formula is C16H16FNO2. The number of ether oxygens (including phenoxy) is 1. The zero-order valence-electron chi connectivity index (χ0n) is 11.2. The molecule has 0 aromatic heterocycles. The topological polar surface area (TPSA) is 38.3 Å². The van der Waals surface area contributed by atoms with E-state index in [1.807, 2.05) is 37.3 Å². The average molecular weight is 273 g/mol. The van der Waals surface area contributed by atoms with E-state index in [4.69, 9.17) is 4.74 Å². The van der Waals surface area contributed by atoms with E-state index in [2.05, 4.69) is 5.32 Å². The molecule has 4 heteroatoms. The molecule has 0 aliphatic heterocycles. The predicted molar refractivity (Wildman–Crippen MR) is 75.4 cm³/mol. The van der Waals surface area contributed by atoms with Gasteiger partial charge in [0.15, 0.2) is 0 Å². The zero-order chi connectivity index (χ0) is 14.4. The van der Waals surface area contributed by atoms with Gasteiger partial charge in [-0.15, -0.1) is 0 Å². The minimum Gasteiger partial charge on any atom is -0.492 e. The van der Waals surface area contributed by atoms with Crippen LogP contribution in [0.1, 0.15) is 15.9 Å². The van der Waals surface area contributed by atoms with Gasteiger partial charge < -0.3 is 10.1 Å². The molecule has 0 unspecified atom stereocenters. The van der Waals surface area contributed by atoms with Crippen LogP contribution in [0.4, 0.5) is 4.39 Å². The van der Waals surface area contributed by atoms with Gasteiger partial charge in [0, 0.05) is 0 Å². The fourth-order valence-corrected chi connectivity index (χ4v) is 1.76. The lowest BCUT2D eigenvalue weighted by molar-refractivity contribution is 0.0943. The Kier molecular flexibility index (Phi) is 4.71. The summed E-state index contributed by atoms with van der Waals surface area (Å²) in [5, 5.41) is 2.63. The number of benzene rings is 2. The molecular weight excluding hydrogens is 257 g/mol. The molecule has 20 heavy (non-hydrogen) atoms. The fourth-order valence-electron chi connectivity index (χ4n) is 1.76. The number of hydrogen-bond acceptors (Lipinski definition) is 2. The molecule has 2 aromatic carbocycles. The molecule has 1 N–H and O–H groups in total. The Labute approximate surface area is 117 Å². The Balaban J connectivity index is 1.82. The molecule has 0 heterocycles. The molecule has 0 saturated carbocycles. The summed E-state index contributed by atoms with van der Waals surface area (Å²) in [6, 6.07) is 13.8. The van der Waals surface area contributed by atoms with Crippen molar-refractivity contribution in [2.24, 2.45) is 0 Å². The standard InChI is InChI=1S/C16H16FNO2/c1-12-7-8-15(17)14(11-12)16(19)18-9-10-20-13-5-3-2-4-6-13/h2-8,11H,9-10H2,1H3,(H,18,19). The lowest BCUT2D eigenvalue weighted by Gasteiger charge is -2.08. The third kappa shape index (κ3) is 3.82. The summed E-state index contributed by atoms with van der Waals surface area (Å²) in [5.41, 5.74) is 0.904. The molecule has 2 rings (SSSR count). The van der Waals surface area contributed by atoms with Crippen LogP contribution in [0.5, 0.6) is 5.75 Å². The first-order valence-corrected chi connectivity index (χ1v) is 6.39. The number of rotatable bonds is 5. The number of nitrogens with one attached hydrogen (secondary N) is 1. The molecule has 0 fully saturated rings. The van der Waals surface area contributed by atoms with Gasteiger partial charge in [-0.1, -0.05) is 29.8 Å². The van der Waals surface area contributed by atoms with E-state index in [-0.39, 0.29) is 5.56 Å². The number of carbonyl (C=O) groups excluding carboxylic acids is 1. The summed E-state index contributed by atoms with van der Waals surface area (Å²) < 4.78 is 18.9. The van der Waals surface area contributed by atoms with Crippen molar-refractivity contribution < 1.29 is 13.9 Å². The van der Waals surface area contributed by atoms with Gasteiger partial charge in [-0.25, -0.2) is 4.39 Å². The van der Waals surface area contributed by atoms with E-state index in [9.17, 15) is 9.18 Å². The van der Waals surface area contributed by atoms with E-state index >= 15 is 0 Å². The number of para-hydroxylation sites is 1. The molecule has 3 nitrogen and oxygen atoms in total. The summed E-state index contributed by atoms with van der Waals surface area (Å²) >= 11 is 0. The van der Waals surface area contributed by atoms with Crippen LogP contribution in [-0.2, 0) is 0 Å². The van der Waals surface area contributed by atoms with E-state index in [1.165, 1.54) is 12.1 Å². The van der Waals surface area contributed by atoms with E-state index in [0.717, 1.165) is 11.3 Å². The Morgan fingerprint density at radius 3 is 2.70 bits per heavy atom. The molecule has 104 valence electrons. The van der Waals surface area contributed by atoms with Crippen molar-refractivity contribution in [3.05, 3.63) is 65.5 Å². The van der Waals surface area contributed by atoms with Crippen molar-refractivity contribution in [2.45, 2.75) is 6.92 Å². The quantitative estimate of drug-likeness (QED) is 0.851. The predicted octanol–water partition coefficient (Wildman–Crippen LogP) is 2.94. The first-order chi connectivity index (χ1) is 9.66. The van der Waals surface area contributed by atoms with Crippen LogP contribution in [0, 0.1) is 12.7 Å². The van der Waals surface area contributed by atoms with E-state index in [0.29, 0.717) is 13.2 Å². The highest BCUT2D eigenvalue weighted by Gasteiger charge is 2.10. The first kappa shape index (κ1) is 14.1. The van der Waals surface area contributed by atoms with Gasteiger partial charge in [-0.2, -0.15) is 0 Å².